The maximum absolute atomic E-state index is 12.9. The van der Waals surface area contributed by atoms with Crippen LogP contribution in [0.3, 0.4) is 0 Å². The van der Waals surface area contributed by atoms with E-state index in [1.165, 1.54) is 12.4 Å². The Morgan fingerprint density at radius 1 is 1.21 bits per heavy atom. The van der Waals surface area contributed by atoms with Crippen LogP contribution in [0.25, 0.3) is 0 Å². The van der Waals surface area contributed by atoms with Gasteiger partial charge in [0.15, 0.2) is 0 Å². The largest absolute Gasteiger partial charge is 0.356 e. The molecule has 0 saturated carbocycles. The van der Waals surface area contributed by atoms with Gasteiger partial charge in [0.05, 0.1) is 4.90 Å². The lowest BCUT2D eigenvalue weighted by Gasteiger charge is -2.17. The van der Waals surface area contributed by atoms with E-state index in [9.17, 15) is 22.4 Å². The monoisotopic (exact) mass is 361 g/mol. The number of rotatable bonds is 9. The van der Waals surface area contributed by atoms with Crippen molar-refractivity contribution in [2.75, 3.05) is 6.54 Å². The Bertz CT molecular complexity index is 663. The zero-order valence-electron chi connectivity index (χ0n) is 13.1. The molecule has 4 N–H and O–H groups in total. The number of hydroxylamine groups is 1. The average Bonchev–Trinajstić information content (AvgIpc) is 2.52. The smallest absolute Gasteiger partial charge is 0.261 e. The molecule has 0 aliphatic rings. The van der Waals surface area contributed by atoms with Crippen LogP contribution in [-0.2, 0) is 19.6 Å². The SMILES string of the molecule is CC(=O)NCCCCC(NS(=O)(=O)c1ccc(F)cc1)C(=O)NO. The van der Waals surface area contributed by atoms with Gasteiger partial charge in [-0.15, -0.1) is 0 Å². The topological polar surface area (TPSA) is 125 Å². The summed E-state index contributed by atoms with van der Waals surface area (Å²) in [5.41, 5.74) is 1.41. The molecule has 10 heteroatoms. The lowest BCUT2D eigenvalue weighted by atomic mass is 10.1. The second-order valence-corrected chi connectivity index (χ2v) is 6.80. The highest BCUT2D eigenvalue weighted by Crippen LogP contribution is 2.12. The first-order chi connectivity index (χ1) is 11.3. The molecule has 1 aromatic rings. The van der Waals surface area contributed by atoms with Crippen molar-refractivity contribution in [3.05, 3.63) is 30.1 Å². The third-order valence-electron chi connectivity index (χ3n) is 3.14. The van der Waals surface area contributed by atoms with Crippen LogP contribution >= 0.6 is 0 Å². The second-order valence-electron chi connectivity index (χ2n) is 5.08. The maximum atomic E-state index is 12.9. The molecule has 0 saturated heterocycles. The molecule has 1 aromatic carbocycles. The van der Waals surface area contributed by atoms with E-state index in [0.717, 1.165) is 24.3 Å². The Kier molecular flexibility index (Phi) is 7.75. The number of carbonyl (C=O) groups excluding carboxylic acids is 2. The Morgan fingerprint density at radius 2 is 1.83 bits per heavy atom. The minimum atomic E-state index is -4.05. The molecule has 1 atom stereocenters. The first-order valence-electron chi connectivity index (χ1n) is 7.22. The van der Waals surface area contributed by atoms with E-state index in [1.54, 1.807) is 0 Å². The van der Waals surface area contributed by atoms with E-state index in [-0.39, 0.29) is 17.2 Å². The number of benzene rings is 1. The van der Waals surface area contributed by atoms with Crippen molar-refractivity contribution in [2.24, 2.45) is 0 Å². The molecule has 0 radical (unpaired) electrons. The van der Waals surface area contributed by atoms with Crippen LogP contribution < -0.4 is 15.5 Å². The van der Waals surface area contributed by atoms with Gasteiger partial charge in [-0.1, -0.05) is 0 Å². The summed E-state index contributed by atoms with van der Waals surface area (Å²) >= 11 is 0. The van der Waals surface area contributed by atoms with Gasteiger partial charge in [0.1, 0.15) is 11.9 Å². The van der Waals surface area contributed by atoms with Crippen LogP contribution in [0.4, 0.5) is 4.39 Å². The lowest BCUT2D eigenvalue weighted by molar-refractivity contribution is -0.131. The van der Waals surface area contributed by atoms with Gasteiger partial charge in [0.25, 0.3) is 5.91 Å². The third-order valence-corrected chi connectivity index (χ3v) is 4.63. The van der Waals surface area contributed by atoms with E-state index < -0.39 is 27.8 Å². The summed E-state index contributed by atoms with van der Waals surface area (Å²) in [5, 5.41) is 11.3. The summed E-state index contributed by atoms with van der Waals surface area (Å²) in [6, 6.07) is 2.93. The molecule has 0 fully saturated rings. The summed E-state index contributed by atoms with van der Waals surface area (Å²) in [7, 11) is -4.05. The van der Waals surface area contributed by atoms with Crippen molar-refractivity contribution >= 4 is 21.8 Å². The number of nitrogens with one attached hydrogen (secondary N) is 3. The van der Waals surface area contributed by atoms with Crippen LogP contribution in [0, 0.1) is 5.82 Å². The van der Waals surface area contributed by atoms with E-state index in [2.05, 4.69) is 10.0 Å². The minimum absolute atomic E-state index is 0.117. The van der Waals surface area contributed by atoms with Crippen molar-refractivity contribution < 1.29 is 27.6 Å². The van der Waals surface area contributed by atoms with Gasteiger partial charge >= 0.3 is 0 Å². The number of hydrogen-bond acceptors (Lipinski definition) is 5. The van der Waals surface area contributed by atoms with Gasteiger partial charge in [-0.05, 0) is 43.5 Å². The molecule has 2 amide bonds. The summed E-state index contributed by atoms with van der Waals surface area (Å²) in [5.74, 6) is -1.67. The van der Waals surface area contributed by atoms with E-state index in [1.807, 2.05) is 0 Å². The first-order valence-corrected chi connectivity index (χ1v) is 8.71. The van der Waals surface area contributed by atoms with Gasteiger partial charge in [-0.3, -0.25) is 14.8 Å². The van der Waals surface area contributed by atoms with Crippen molar-refractivity contribution in [1.29, 1.82) is 0 Å². The molecule has 134 valence electrons. The fraction of sp³-hybridized carbons (Fsp3) is 0.429. The zero-order chi connectivity index (χ0) is 18.2. The van der Waals surface area contributed by atoms with E-state index in [4.69, 9.17) is 5.21 Å². The Hall–Kier alpha value is -2.04. The molecular formula is C14H20FN3O5S. The molecular weight excluding hydrogens is 341 g/mol. The molecule has 0 aromatic heterocycles. The summed E-state index contributed by atoms with van der Waals surface area (Å²) in [4.78, 5) is 22.2. The van der Waals surface area contributed by atoms with Gasteiger partial charge in [-0.2, -0.15) is 4.72 Å². The minimum Gasteiger partial charge on any atom is -0.356 e. The predicted octanol–water partition coefficient (Wildman–Crippen LogP) is 0.284. The average molecular weight is 361 g/mol. The molecule has 0 heterocycles. The van der Waals surface area contributed by atoms with Crippen LogP contribution in [0.1, 0.15) is 26.2 Å². The molecule has 24 heavy (non-hydrogen) atoms. The molecule has 1 rings (SSSR count). The Balaban J connectivity index is 2.69. The molecule has 1 unspecified atom stereocenters. The number of amides is 2. The number of sulfonamides is 1. The zero-order valence-corrected chi connectivity index (χ0v) is 13.9. The maximum Gasteiger partial charge on any atom is 0.261 e. The third kappa shape index (κ3) is 6.60. The molecule has 0 aliphatic heterocycles. The Morgan fingerprint density at radius 3 is 2.38 bits per heavy atom. The number of carbonyl (C=O) groups is 2. The van der Waals surface area contributed by atoms with Crippen LogP contribution in [0.2, 0.25) is 0 Å². The van der Waals surface area contributed by atoms with Gasteiger partial charge in [0, 0.05) is 13.5 Å². The van der Waals surface area contributed by atoms with Crippen molar-refractivity contribution in [2.45, 2.75) is 37.1 Å². The van der Waals surface area contributed by atoms with Crippen LogP contribution in [-0.4, -0.2) is 38.0 Å². The fourth-order valence-electron chi connectivity index (χ4n) is 1.93. The predicted molar refractivity (Wildman–Crippen MR) is 83.0 cm³/mol. The molecule has 0 spiro atoms. The first kappa shape index (κ1) is 20.0. The van der Waals surface area contributed by atoms with Gasteiger partial charge < -0.3 is 5.32 Å². The second kappa shape index (κ2) is 9.30. The summed E-state index contributed by atoms with van der Waals surface area (Å²) in [6.45, 7) is 1.77. The molecule has 0 aliphatic carbocycles. The van der Waals surface area contributed by atoms with Crippen molar-refractivity contribution in [3.8, 4) is 0 Å². The van der Waals surface area contributed by atoms with E-state index >= 15 is 0 Å². The Labute approximate surface area is 139 Å². The highest BCUT2D eigenvalue weighted by atomic mass is 32.2. The standard InChI is InChI=1S/C14H20FN3O5S/c1-10(19)16-9-3-2-4-13(14(20)17-21)18-24(22,23)12-7-5-11(15)6-8-12/h5-8,13,18,21H,2-4,9H2,1H3,(H,16,19)(H,17,20). The molecule has 8 nitrogen and oxygen atoms in total. The number of hydrogen-bond donors (Lipinski definition) is 4. The van der Waals surface area contributed by atoms with E-state index in [0.29, 0.717) is 19.4 Å². The normalized spacial score (nSPS) is 12.5. The van der Waals surface area contributed by atoms with Crippen LogP contribution in [0.5, 0.6) is 0 Å². The highest BCUT2D eigenvalue weighted by molar-refractivity contribution is 7.89. The summed E-state index contributed by atoms with van der Waals surface area (Å²) < 4.78 is 39.4. The summed E-state index contributed by atoms with van der Waals surface area (Å²) in [6.07, 6.45) is 1.09. The number of unbranched alkanes of at least 4 members (excludes halogenated alkanes) is 1. The van der Waals surface area contributed by atoms with Gasteiger partial charge in [0.2, 0.25) is 15.9 Å². The quantitative estimate of drug-likeness (QED) is 0.286. The van der Waals surface area contributed by atoms with Crippen molar-refractivity contribution in [1.82, 2.24) is 15.5 Å². The fourth-order valence-corrected chi connectivity index (χ4v) is 3.16. The highest BCUT2D eigenvalue weighted by Gasteiger charge is 2.25. The number of halogens is 1. The lowest BCUT2D eigenvalue weighted by Crippen LogP contribution is -2.45. The van der Waals surface area contributed by atoms with Gasteiger partial charge in [-0.25, -0.2) is 18.3 Å². The van der Waals surface area contributed by atoms with Crippen LogP contribution in [0.15, 0.2) is 29.2 Å². The van der Waals surface area contributed by atoms with Crippen molar-refractivity contribution in [3.63, 3.8) is 0 Å². The molecule has 0 bridgehead atoms.